The second-order valence-electron chi connectivity index (χ2n) is 5.46. The van der Waals surface area contributed by atoms with Gasteiger partial charge in [0, 0.05) is 49.8 Å². The van der Waals surface area contributed by atoms with Crippen LogP contribution in [0.15, 0.2) is 12.3 Å². The first kappa shape index (κ1) is 12.6. The smallest absolute Gasteiger partial charge is 0.234 e. The van der Waals surface area contributed by atoms with Crippen LogP contribution in [0.25, 0.3) is 5.78 Å². The number of imidazole rings is 1. The molecule has 1 fully saturated rings. The fourth-order valence-electron chi connectivity index (χ4n) is 2.72. The van der Waals surface area contributed by atoms with Crippen molar-refractivity contribution < 1.29 is 0 Å². The van der Waals surface area contributed by atoms with E-state index < -0.39 is 0 Å². The molecule has 0 aliphatic carbocycles. The van der Waals surface area contributed by atoms with Gasteiger partial charge in [-0.2, -0.15) is 0 Å². The highest BCUT2D eigenvalue weighted by atomic mass is 15.2. The molecule has 3 rings (SSSR count). The minimum absolute atomic E-state index is 0.564. The number of fused-ring (bicyclic) bond motifs is 1. The van der Waals surface area contributed by atoms with Crippen molar-refractivity contribution in [3.05, 3.63) is 29.3 Å². The van der Waals surface area contributed by atoms with Crippen molar-refractivity contribution in [1.82, 2.24) is 24.6 Å². The van der Waals surface area contributed by atoms with Crippen LogP contribution in [0, 0.1) is 13.8 Å². The zero-order valence-electron chi connectivity index (χ0n) is 11.8. The Bertz CT molecular complexity index is 589. The number of piperazine rings is 1. The predicted molar refractivity (Wildman–Crippen MR) is 75.2 cm³/mol. The number of rotatable bonds is 2. The van der Waals surface area contributed by atoms with E-state index in [0.29, 0.717) is 6.04 Å². The van der Waals surface area contributed by atoms with Gasteiger partial charge in [0.25, 0.3) is 0 Å². The molecule has 5 nitrogen and oxygen atoms in total. The Hall–Kier alpha value is -1.46. The highest BCUT2D eigenvalue weighted by Gasteiger charge is 2.19. The Morgan fingerprint density at radius 3 is 3.00 bits per heavy atom. The lowest BCUT2D eigenvalue weighted by Gasteiger charge is -2.33. The molecule has 2 aromatic heterocycles. The molecule has 0 saturated carbocycles. The molecule has 2 aromatic rings. The number of nitrogens with zero attached hydrogens (tertiary/aromatic N) is 4. The zero-order chi connectivity index (χ0) is 13.4. The molecule has 0 bridgehead atoms. The Labute approximate surface area is 113 Å². The largest absolute Gasteiger partial charge is 0.314 e. The summed E-state index contributed by atoms with van der Waals surface area (Å²) in [6, 6.07) is 2.65. The van der Waals surface area contributed by atoms with Gasteiger partial charge in [0.2, 0.25) is 5.78 Å². The summed E-state index contributed by atoms with van der Waals surface area (Å²) >= 11 is 0. The van der Waals surface area contributed by atoms with E-state index in [2.05, 4.69) is 50.7 Å². The number of hydrogen-bond acceptors (Lipinski definition) is 4. The first-order valence-corrected chi connectivity index (χ1v) is 6.90. The van der Waals surface area contributed by atoms with E-state index in [-0.39, 0.29) is 0 Å². The fourth-order valence-corrected chi connectivity index (χ4v) is 2.72. The summed E-state index contributed by atoms with van der Waals surface area (Å²) in [7, 11) is 0. The monoisotopic (exact) mass is 259 g/mol. The van der Waals surface area contributed by atoms with Gasteiger partial charge in [-0.1, -0.05) is 0 Å². The molecule has 0 amide bonds. The molecule has 102 valence electrons. The molecule has 5 heteroatoms. The van der Waals surface area contributed by atoms with Gasteiger partial charge < -0.3 is 5.32 Å². The molecule has 0 radical (unpaired) electrons. The summed E-state index contributed by atoms with van der Waals surface area (Å²) in [4.78, 5) is 11.6. The lowest BCUT2D eigenvalue weighted by Crippen LogP contribution is -2.49. The van der Waals surface area contributed by atoms with Crippen LogP contribution >= 0.6 is 0 Å². The van der Waals surface area contributed by atoms with Gasteiger partial charge in [-0.15, -0.1) is 0 Å². The first-order valence-electron chi connectivity index (χ1n) is 6.90. The molecule has 1 atom stereocenters. The van der Waals surface area contributed by atoms with Crippen LogP contribution in [0.2, 0.25) is 0 Å². The molecule has 1 aliphatic rings. The van der Waals surface area contributed by atoms with Crippen molar-refractivity contribution in [1.29, 1.82) is 0 Å². The van der Waals surface area contributed by atoms with Crippen LogP contribution in [0.1, 0.15) is 24.0 Å². The SMILES string of the molecule is Cc1cc(C)n2cc(CN3CCNCC3C)nc2n1. The minimum Gasteiger partial charge on any atom is -0.314 e. The van der Waals surface area contributed by atoms with E-state index in [4.69, 9.17) is 0 Å². The van der Waals surface area contributed by atoms with Crippen molar-refractivity contribution in [2.45, 2.75) is 33.4 Å². The quantitative estimate of drug-likeness (QED) is 0.878. The van der Waals surface area contributed by atoms with E-state index >= 15 is 0 Å². The number of hydrogen-bond donors (Lipinski definition) is 1. The molecule has 1 saturated heterocycles. The van der Waals surface area contributed by atoms with Gasteiger partial charge in [0.05, 0.1) is 5.69 Å². The van der Waals surface area contributed by atoms with Gasteiger partial charge in [0.1, 0.15) is 0 Å². The van der Waals surface area contributed by atoms with Gasteiger partial charge in [-0.05, 0) is 26.8 Å². The maximum absolute atomic E-state index is 4.65. The van der Waals surface area contributed by atoms with Gasteiger partial charge in [-0.25, -0.2) is 9.97 Å². The maximum Gasteiger partial charge on any atom is 0.234 e. The number of aromatic nitrogens is 3. The molecule has 1 aliphatic heterocycles. The van der Waals surface area contributed by atoms with Crippen LogP contribution < -0.4 is 5.32 Å². The van der Waals surface area contributed by atoms with Gasteiger partial charge in [-0.3, -0.25) is 9.30 Å². The summed E-state index contributed by atoms with van der Waals surface area (Å²) in [5.74, 6) is 0.815. The molecule has 1 N–H and O–H groups in total. The van der Waals surface area contributed by atoms with E-state index in [0.717, 1.165) is 43.3 Å². The van der Waals surface area contributed by atoms with Crippen LogP contribution in [-0.4, -0.2) is 44.9 Å². The molecule has 0 spiro atoms. The topological polar surface area (TPSA) is 45.5 Å². The maximum atomic E-state index is 4.65. The Balaban J connectivity index is 1.87. The number of nitrogens with one attached hydrogen (secondary N) is 1. The van der Waals surface area contributed by atoms with Gasteiger partial charge in [0.15, 0.2) is 0 Å². The third-order valence-corrected chi connectivity index (χ3v) is 3.82. The van der Waals surface area contributed by atoms with E-state index in [1.807, 2.05) is 6.92 Å². The van der Waals surface area contributed by atoms with Crippen molar-refractivity contribution in [3.8, 4) is 0 Å². The highest BCUT2D eigenvalue weighted by Crippen LogP contribution is 2.12. The molecular formula is C14H21N5. The van der Waals surface area contributed by atoms with Crippen molar-refractivity contribution in [3.63, 3.8) is 0 Å². The summed E-state index contributed by atoms with van der Waals surface area (Å²) < 4.78 is 2.08. The zero-order valence-corrected chi connectivity index (χ0v) is 11.8. The van der Waals surface area contributed by atoms with Crippen LogP contribution in [-0.2, 0) is 6.54 Å². The average molecular weight is 259 g/mol. The predicted octanol–water partition coefficient (Wildman–Crippen LogP) is 1.14. The molecule has 1 unspecified atom stereocenters. The van der Waals surface area contributed by atoms with Crippen LogP contribution in [0.4, 0.5) is 0 Å². The normalized spacial score (nSPS) is 21.1. The van der Waals surface area contributed by atoms with Crippen LogP contribution in [0.3, 0.4) is 0 Å². The summed E-state index contributed by atoms with van der Waals surface area (Å²) in [6.07, 6.45) is 2.12. The van der Waals surface area contributed by atoms with Gasteiger partial charge >= 0.3 is 0 Å². The third-order valence-electron chi connectivity index (χ3n) is 3.82. The van der Waals surface area contributed by atoms with Crippen molar-refractivity contribution >= 4 is 5.78 Å². The van der Waals surface area contributed by atoms with E-state index in [1.165, 1.54) is 5.69 Å². The van der Waals surface area contributed by atoms with E-state index in [1.54, 1.807) is 0 Å². The molecular weight excluding hydrogens is 238 g/mol. The highest BCUT2D eigenvalue weighted by molar-refractivity contribution is 5.34. The second-order valence-corrected chi connectivity index (χ2v) is 5.46. The van der Waals surface area contributed by atoms with Crippen LogP contribution in [0.5, 0.6) is 0 Å². The first-order chi connectivity index (χ1) is 9.13. The standard InChI is InChI=1S/C14H21N5/c1-10-6-11(2)19-9-13(17-14(19)16-10)8-18-5-4-15-7-12(18)3/h6,9,12,15H,4-5,7-8H2,1-3H3. The second kappa shape index (κ2) is 4.90. The minimum atomic E-state index is 0.564. The summed E-state index contributed by atoms with van der Waals surface area (Å²) in [6.45, 7) is 10.5. The Morgan fingerprint density at radius 2 is 2.21 bits per heavy atom. The lowest BCUT2D eigenvalue weighted by molar-refractivity contribution is 0.164. The third kappa shape index (κ3) is 2.48. The summed E-state index contributed by atoms with van der Waals surface area (Å²) in [5.41, 5.74) is 3.32. The Morgan fingerprint density at radius 1 is 1.37 bits per heavy atom. The van der Waals surface area contributed by atoms with Crippen molar-refractivity contribution in [2.24, 2.45) is 0 Å². The summed E-state index contributed by atoms with van der Waals surface area (Å²) in [5, 5.41) is 3.41. The molecule has 0 aromatic carbocycles. The Kier molecular flexibility index (Phi) is 3.24. The lowest BCUT2D eigenvalue weighted by atomic mass is 10.2. The van der Waals surface area contributed by atoms with E-state index in [9.17, 15) is 0 Å². The number of aryl methyl sites for hydroxylation is 2. The fraction of sp³-hybridized carbons (Fsp3) is 0.571. The molecule has 19 heavy (non-hydrogen) atoms. The molecule has 3 heterocycles. The van der Waals surface area contributed by atoms with Crippen molar-refractivity contribution in [2.75, 3.05) is 19.6 Å². The average Bonchev–Trinajstić information content (AvgIpc) is 2.75.